The molecule has 3 aromatic rings. The zero-order valence-electron chi connectivity index (χ0n) is 12.9. The van der Waals surface area contributed by atoms with Gasteiger partial charge in [0.05, 0.1) is 17.6 Å². The fraction of sp³-hybridized carbons (Fsp3) is 0.133. The predicted octanol–water partition coefficient (Wildman–Crippen LogP) is 1.63. The first-order valence-corrected chi connectivity index (χ1v) is 8.43. The van der Waals surface area contributed by atoms with E-state index in [0.29, 0.717) is 11.2 Å². The average molecular weight is 346 g/mol. The lowest BCUT2D eigenvalue weighted by Gasteiger charge is -2.11. The van der Waals surface area contributed by atoms with Crippen LogP contribution >= 0.6 is 0 Å². The number of methoxy groups -OCH3 is 1. The zero-order valence-corrected chi connectivity index (χ0v) is 13.7. The third kappa shape index (κ3) is 2.69. The van der Waals surface area contributed by atoms with E-state index in [9.17, 15) is 13.2 Å². The highest BCUT2D eigenvalue weighted by Gasteiger charge is 2.23. The number of benzene rings is 1. The van der Waals surface area contributed by atoms with Gasteiger partial charge < -0.3 is 4.74 Å². The Morgan fingerprint density at radius 2 is 1.96 bits per heavy atom. The van der Waals surface area contributed by atoms with Crippen molar-refractivity contribution < 1.29 is 17.9 Å². The van der Waals surface area contributed by atoms with Gasteiger partial charge >= 0.3 is 5.97 Å². The molecule has 8 nitrogen and oxygen atoms in total. The maximum atomic E-state index is 12.7. The number of hydrogen-bond acceptors (Lipinski definition) is 6. The van der Waals surface area contributed by atoms with Crippen LogP contribution in [-0.2, 0) is 14.8 Å². The third-order valence-electron chi connectivity index (χ3n) is 3.52. The Kier molecular flexibility index (Phi) is 3.94. The van der Waals surface area contributed by atoms with Crippen molar-refractivity contribution in [2.75, 3.05) is 11.8 Å². The van der Waals surface area contributed by atoms with E-state index in [1.807, 2.05) is 0 Å². The minimum Gasteiger partial charge on any atom is -0.465 e. The summed E-state index contributed by atoms with van der Waals surface area (Å²) in [6.45, 7) is 1.54. The first-order chi connectivity index (χ1) is 11.4. The fourth-order valence-corrected chi connectivity index (χ4v) is 3.58. The van der Waals surface area contributed by atoms with Crippen LogP contribution in [0.25, 0.3) is 5.65 Å². The van der Waals surface area contributed by atoms with Crippen LogP contribution in [0.15, 0.2) is 47.5 Å². The number of nitrogens with one attached hydrogen (secondary N) is 1. The van der Waals surface area contributed by atoms with Gasteiger partial charge in [-0.15, -0.1) is 10.2 Å². The largest absolute Gasteiger partial charge is 0.465 e. The summed E-state index contributed by atoms with van der Waals surface area (Å²) >= 11 is 0. The van der Waals surface area contributed by atoms with E-state index >= 15 is 0 Å². The molecule has 0 saturated carbocycles. The molecular formula is C15H14N4O4S. The Morgan fingerprint density at radius 3 is 2.71 bits per heavy atom. The van der Waals surface area contributed by atoms with E-state index in [1.54, 1.807) is 31.3 Å². The fourth-order valence-electron chi connectivity index (χ4n) is 2.32. The van der Waals surface area contributed by atoms with E-state index in [4.69, 9.17) is 0 Å². The number of rotatable bonds is 4. The summed E-state index contributed by atoms with van der Waals surface area (Å²) < 4.78 is 33.9. The molecule has 24 heavy (non-hydrogen) atoms. The number of anilines is 1. The number of aromatic nitrogens is 3. The minimum atomic E-state index is -3.95. The van der Waals surface area contributed by atoms with Gasteiger partial charge in [-0.2, -0.15) is 0 Å². The molecule has 0 aliphatic heterocycles. The third-order valence-corrected chi connectivity index (χ3v) is 4.99. The zero-order chi connectivity index (χ0) is 17.3. The van der Waals surface area contributed by atoms with Crippen molar-refractivity contribution in [2.45, 2.75) is 11.8 Å². The molecule has 3 rings (SSSR count). The lowest BCUT2D eigenvalue weighted by Crippen LogP contribution is -2.17. The maximum absolute atomic E-state index is 12.7. The van der Waals surface area contributed by atoms with Gasteiger partial charge in [-0.1, -0.05) is 12.1 Å². The van der Waals surface area contributed by atoms with Gasteiger partial charge in [0, 0.05) is 6.20 Å². The summed E-state index contributed by atoms with van der Waals surface area (Å²) in [5, 5.41) is 7.73. The van der Waals surface area contributed by atoms with Crippen molar-refractivity contribution in [2.24, 2.45) is 0 Å². The average Bonchev–Trinajstić information content (AvgIpc) is 2.97. The highest BCUT2D eigenvalue weighted by Crippen LogP contribution is 2.22. The molecule has 0 unspecified atom stereocenters. The van der Waals surface area contributed by atoms with E-state index < -0.39 is 16.0 Å². The van der Waals surface area contributed by atoms with E-state index in [1.165, 1.54) is 29.7 Å². The lowest BCUT2D eigenvalue weighted by molar-refractivity contribution is 0.0599. The summed E-state index contributed by atoms with van der Waals surface area (Å²) in [7, 11) is -2.71. The standard InChI is InChI=1S/C15H14N4O4S/c1-10-11(14(20)23-2)6-5-7-12(10)24(21,22)18-15-17-16-13-8-3-4-9-19(13)15/h3-9H,1-2H3,(H,17,18). The van der Waals surface area contributed by atoms with Crippen LogP contribution in [0.1, 0.15) is 15.9 Å². The van der Waals surface area contributed by atoms with Crippen LogP contribution in [0.5, 0.6) is 0 Å². The van der Waals surface area contributed by atoms with Crippen molar-refractivity contribution in [3.8, 4) is 0 Å². The smallest absolute Gasteiger partial charge is 0.338 e. The topological polar surface area (TPSA) is 103 Å². The van der Waals surface area contributed by atoms with E-state index in [0.717, 1.165) is 0 Å². The number of carbonyl (C=O) groups excluding carboxylic acids is 1. The Morgan fingerprint density at radius 1 is 1.17 bits per heavy atom. The first kappa shape index (κ1) is 15.9. The van der Waals surface area contributed by atoms with Gasteiger partial charge in [0.25, 0.3) is 10.0 Å². The predicted molar refractivity (Wildman–Crippen MR) is 86.3 cm³/mol. The van der Waals surface area contributed by atoms with Crippen LogP contribution in [0.3, 0.4) is 0 Å². The van der Waals surface area contributed by atoms with Crippen LogP contribution in [0.2, 0.25) is 0 Å². The molecule has 0 fully saturated rings. The van der Waals surface area contributed by atoms with Gasteiger partial charge in [-0.25, -0.2) is 17.9 Å². The quantitative estimate of drug-likeness (QED) is 0.720. The highest BCUT2D eigenvalue weighted by atomic mass is 32.2. The van der Waals surface area contributed by atoms with Crippen molar-refractivity contribution in [1.29, 1.82) is 0 Å². The van der Waals surface area contributed by atoms with Crippen LogP contribution in [0.4, 0.5) is 5.95 Å². The number of fused-ring (bicyclic) bond motifs is 1. The minimum absolute atomic E-state index is 0.0296. The number of sulfonamides is 1. The molecule has 9 heteroatoms. The molecule has 0 aliphatic carbocycles. The maximum Gasteiger partial charge on any atom is 0.338 e. The Labute approximate surface area is 138 Å². The summed E-state index contributed by atoms with van der Waals surface area (Å²) in [4.78, 5) is 11.7. The monoisotopic (exact) mass is 346 g/mol. The second-order valence-electron chi connectivity index (χ2n) is 4.98. The Hall–Kier alpha value is -2.94. The van der Waals surface area contributed by atoms with Crippen LogP contribution in [-0.4, -0.2) is 36.1 Å². The summed E-state index contributed by atoms with van der Waals surface area (Å²) in [5.74, 6) is -0.536. The van der Waals surface area contributed by atoms with Gasteiger partial charge in [0.1, 0.15) is 0 Å². The molecule has 0 saturated heterocycles. The van der Waals surface area contributed by atoms with Crippen molar-refractivity contribution in [3.05, 3.63) is 53.7 Å². The Bertz CT molecular complexity index is 1030. The molecule has 2 aromatic heterocycles. The van der Waals surface area contributed by atoms with Gasteiger partial charge in [0.15, 0.2) is 5.65 Å². The van der Waals surface area contributed by atoms with Crippen molar-refractivity contribution in [3.63, 3.8) is 0 Å². The van der Waals surface area contributed by atoms with Gasteiger partial charge in [-0.3, -0.25) is 4.40 Å². The van der Waals surface area contributed by atoms with Crippen molar-refractivity contribution in [1.82, 2.24) is 14.6 Å². The lowest BCUT2D eigenvalue weighted by atomic mass is 10.1. The highest BCUT2D eigenvalue weighted by molar-refractivity contribution is 7.92. The second kappa shape index (κ2) is 5.93. The molecule has 0 spiro atoms. The molecule has 1 N–H and O–H groups in total. The molecular weight excluding hydrogens is 332 g/mol. The molecule has 1 aromatic carbocycles. The molecule has 0 aliphatic rings. The number of hydrogen-bond donors (Lipinski definition) is 1. The van der Waals surface area contributed by atoms with Crippen LogP contribution < -0.4 is 4.72 Å². The first-order valence-electron chi connectivity index (χ1n) is 6.94. The number of nitrogens with zero attached hydrogens (tertiary/aromatic N) is 3. The van der Waals surface area contributed by atoms with Gasteiger partial charge in [0.2, 0.25) is 5.95 Å². The molecule has 0 bridgehead atoms. The van der Waals surface area contributed by atoms with E-state index in [-0.39, 0.29) is 16.4 Å². The second-order valence-corrected chi connectivity index (χ2v) is 6.63. The van der Waals surface area contributed by atoms with E-state index in [2.05, 4.69) is 19.7 Å². The molecule has 0 radical (unpaired) electrons. The molecule has 0 amide bonds. The number of ether oxygens (including phenoxy) is 1. The van der Waals surface area contributed by atoms with Gasteiger partial charge in [-0.05, 0) is 36.8 Å². The molecule has 124 valence electrons. The SMILES string of the molecule is COC(=O)c1cccc(S(=O)(=O)Nc2nnc3ccccn23)c1C. The van der Waals surface area contributed by atoms with Crippen molar-refractivity contribution >= 4 is 27.6 Å². The normalized spacial score (nSPS) is 11.4. The number of pyridine rings is 1. The number of esters is 1. The molecule has 2 heterocycles. The Balaban J connectivity index is 2.04. The summed E-state index contributed by atoms with van der Waals surface area (Å²) in [6.07, 6.45) is 1.64. The van der Waals surface area contributed by atoms with Crippen LogP contribution in [0, 0.1) is 6.92 Å². The summed E-state index contributed by atoms with van der Waals surface area (Å²) in [5.41, 5.74) is 0.993. The number of carbonyl (C=O) groups is 1. The summed E-state index contributed by atoms with van der Waals surface area (Å²) in [6, 6.07) is 9.60. The molecule has 0 atom stereocenters.